The molecule has 0 aliphatic carbocycles. The van der Waals surface area contributed by atoms with Gasteiger partial charge in [-0.3, -0.25) is 4.79 Å². The van der Waals surface area contributed by atoms with E-state index in [0.717, 1.165) is 5.56 Å². The minimum Gasteiger partial charge on any atom is -0.345 e. The van der Waals surface area contributed by atoms with Crippen molar-refractivity contribution in [3.8, 4) is 0 Å². The highest BCUT2D eigenvalue weighted by Gasteiger charge is 2.14. The lowest BCUT2D eigenvalue weighted by molar-refractivity contribution is 0.0939. The Morgan fingerprint density at radius 1 is 1.22 bits per heavy atom. The van der Waals surface area contributed by atoms with E-state index in [4.69, 9.17) is 11.6 Å². The van der Waals surface area contributed by atoms with Gasteiger partial charge in [0.15, 0.2) is 0 Å². The van der Waals surface area contributed by atoms with Crippen molar-refractivity contribution in [2.75, 3.05) is 0 Å². The molecular weight excluding hydrogens is 248 g/mol. The van der Waals surface area contributed by atoms with Gasteiger partial charge in [0.05, 0.1) is 11.6 Å². The second-order valence-electron chi connectivity index (χ2n) is 3.95. The Morgan fingerprint density at radius 2 is 1.94 bits per heavy atom. The average Bonchev–Trinajstić information content (AvgIpc) is 2.40. The molecule has 1 aromatic carbocycles. The predicted octanol–water partition coefficient (Wildman–Crippen LogP) is 3.23. The van der Waals surface area contributed by atoms with E-state index in [1.54, 1.807) is 18.3 Å². The van der Waals surface area contributed by atoms with E-state index in [-0.39, 0.29) is 17.1 Å². The van der Waals surface area contributed by atoms with Crippen LogP contribution in [0.1, 0.15) is 28.9 Å². The second-order valence-corrected chi connectivity index (χ2v) is 4.31. The molecule has 0 aliphatic heterocycles. The zero-order valence-electron chi connectivity index (χ0n) is 9.93. The van der Waals surface area contributed by atoms with Gasteiger partial charge in [-0.1, -0.05) is 41.9 Å². The topological polar surface area (TPSA) is 42.0 Å². The molecule has 1 unspecified atom stereocenters. The summed E-state index contributed by atoms with van der Waals surface area (Å²) in [5, 5.41) is 3.11. The summed E-state index contributed by atoms with van der Waals surface area (Å²) in [5.74, 6) is -0.218. The van der Waals surface area contributed by atoms with E-state index in [9.17, 15) is 4.79 Å². The summed E-state index contributed by atoms with van der Waals surface area (Å²) < 4.78 is 0. The van der Waals surface area contributed by atoms with Crippen LogP contribution in [-0.4, -0.2) is 10.9 Å². The van der Waals surface area contributed by atoms with Gasteiger partial charge in [0.2, 0.25) is 0 Å². The average molecular weight is 261 g/mol. The SMILES string of the molecule is CC(NC(=O)c1cccnc1Cl)c1ccccc1. The molecule has 0 spiro atoms. The molecule has 0 aliphatic rings. The molecule has 92 valence electrons. The molecule has 4 heteroatoms. The van der Waals surface area contributed by atoms with Gasteiger partial charge in [-0.25, -0.2) is 4.98 Å². The minimum absolute atomic E-state index is 0.0741. The van der Waals surface area contributed by atoms with Crippen molar-refractivity contribution in [2.45, 2.75) is 13.0 Å². The van der Waals surface area contributed by atoms with Crippen LogP contribution >= 0.6 is 11.6 Å². The molecule has 0 radical (unpaired) electrons. The first kappa shape index (κ1) is 12.6. The molecule has 2 rings (SSSR count). The van der Waals surface area contributed by atoms with Crippen LogP contribution in [0.2, 0.25) is 5.15 Å². The van der Waals surface area contributed by atoms with Crippen molar-refractivity contribution in [2.24, 2.45) is 0 Å². The molecule has 1 heterocycles. The molecule has 0 saturated carbocycles. The van der Waals surface area contributed by atoms with E-state index in [1.807, 2.05) is 37.3 Å². The fraction of sp³-hybridized carbons (Fsp3) is 0.143. The lowest BCUT2D eigenvalue weighted by atomic mass is 10.1. The van der Waals surface area contributed by atoms with Crippen molar-refractivity contribution < 1.29 is 4.79 Å². The van der Waals surface area contributed by atoms with Gasteiger partial charge in [0, 0.05) is 6.20 Å². The first-order valence-corrected chi connectivity index (χ1v) is 6.02. The van der Waals surface area contributed by atoms with Gasteiger partial charge in [0.1, 0.15) is 5.15 Å². The number of amides is 1. The number of carbonyl (C=O) groups excluding carboxylic acids is 1. The summed E-state index contributed by atoms with van der Waals surface area (Å²) in [7, 11) is 0. The Morgan fingerprint density at radius 3 is 2.61 bits per heavy atom. The van der Waals surface area contributed by atoms with Crippen LogP contribution in [0.15, 0.2) is 48.7 Å². The normalized spacial score (nSPS) is 11.9. The van der Waals surface area contributed by atoms with Crippen LogP contribution in [0.5, 0.6) is 0 Å². The fourth-order valence-electron chi connectivity index (χ4n) is 1.65. The summed E-state index contributed by atoms with van der Waals surface area (Å²) in [6, 6.07) is 13.0. The standard InChI is InChI=1S/C14H13ClN2O/c1-10(11-6-3-2-4-7-11)17-14(18)12-8-5-9-16-13(12)15/h2-10H,1H3,(H,17,18). The molecule has 0 saturated heterocycles. The quantitative estimate of drug-likeness (QED) is 0.861. The number of rotatable bonds is 3. The van der Waals surface area contributed by atoms with Gasteiger partial charge in [-0.2, -0.15) is 0 Å². The number of carbonyl (C=O) groups is 1. The summed E-state index contributed by atoms with van der Waals surface area (Å²) in [6.07, 6.45) is 1.56. The number of aromatic nitrogens is 1. The first-order chi connectivity index (χ1) is 8.68. The minimum atomic E-state index is -0.218. The molecular formula is C14H13ClN2O. The van der Waals surface area contributed by atoms with Crippen LogP contribution < -0.4 is 5.32 Å². The Hall–Kier alpha value is -1.87. The van der Waals surface area contributed by atoms with Crippen LogP contribution in [0, 0.1) is 0 Å². The smallest absolute Gasteiger partial charge is 0.254 e. The lowest BCUT2D eigenvalue weighted by Crippen LogP contribution is -2.27. The van der Waals surface area contributed by atoms with E-state index in [0.29, 0.717) is 5.56 Å². The molecule has 0 fully saturated rings. The molecule has 1 aromatic heterocycles. The van der Waals surface area contributed by atoms with E-state index < -0.39 is 0 Å². The summed E-state index contributed by atoms with van der Waals surface area (Å²) in [6.45, 7) is 1.93. The second kappa shape index (κ2) is 5.65. The van der Waals surface area contributed by atoms with E-state index in [2.05, 4.69) is 10.3 Å². The van der Waals surface area contributed by atoms with Crippen LogP contribution in [0.3, 0.4) is 0 Å². The molecule has 1 atom stereocenters. The zero-order valence-corrected chi connectivity index (χ0v) is 10.7. The van der Waals surface area contributed by atoms with E-state index >= 15 is 0 Å². The van der Waals surface area contributed by atoms with Crippen LogP contribution in [0.4, 0.5) is 0 Å². The number of benzene rings is 1. The van der Waals surface area contributed by atoms with Crippen molar-refractivity contribution in [1.82, 2.24) is 10.3 Å². The number of nitrogens with zero attached hydrogens (tertiary/aromatic N) is 1. The van der Waals surface area contributed by atoms with Gasteiger partial charge in [-0.05, 0) is 24.6 Å². The predicted molar refractivity (Wildman–Crippen MR) is 71.6 cm³/mol. The Balaban J connectivity index is 2.11. The largest absolute Gasteiger partial charge is 0.345 e. The summed E-state index contributed by atoms with van der Waals surface area (Å²) in [4.78, 5) is 15.9. The van der Waals surface area contributed by atoms with Gasteiger partial charge < -0.3 is 5.32 Å². The van der Waals surface area contributed by atoms with Crippen molar-refractivity contribution in [1.29, 1.82) is 0 Å². The third-order valence-electron chi connectivity index (χ3n) is 2.65. The van der Waals surface area contributed by atoms with Crippen LogP contribution in [-0.2, 0) is 0 Å². The highest BCUT2D eigenvalue weighted by molar-refractivity contribution is 6.32. The first-order valence-electron chi connectivity index (χ1n) is 5.65. The monoisotopic (exact) mass is 260 g/mol. The number of halogens is 1. The zero-order chi connectivity index (χ0) is 13.0. The molecule has 3 nitrogen and oxygen atoms in total. The Kier molecular flexibility index (Phi) is 3.95. The number of nitrogens with one attached hydrogen (secondary N) is 1. The third kappa shape index (κ3) is 2.87. The van der Waals surface area contributed by atoms with E-state index in [1.165, 1.54) is 0 Å². The maximum atomic E-state index is 12.0. The van der Waals surface area contributed by atoms with Gasteiger partial charge in [0.25, 0.3) is 5.91 Å². The number of hydrogen-bond donors (Lipinski definition) is 1. The van der Waals surface area contributed by atoms with Crippen molar-refractivity contribution in [3.05, 3.63) is 64.9 Å². The molecule has 1 N–H and O–H groups in total. The molecule has 0 bridgehead atoms. The molecule has 1 amide bonds. The summed E-state index contributed by atoms with van der Waals surface area (Å²) in [5.41, 5.74) is 1.44. The van der Waals surface area contributed by atoms with Crippen molar-refractivity contribution >= 4 is 17.5 Å². The highest BCUT2D eigenvalue weighted by Crippen LogP contribution is 2.15. The summed E-state index contributed by atoms with van der Waals surface area (Å²) >= 11 is 5.88. The maximum Gasteiger partial charge on any atom is 0.254 e. The van der Waals surface area contributed by atoms with Crippen LogP contribution in [0.25, 0.3) is 0 Å². The number of hydrogen-bond acceptors (Lipinski definition) is 2. The lowest BCUT2D eigenvalue weighted by Gasteiger charge is -2.14. The Bertz CT molecular complexity index is 543. The molecule has 18 heavy (non-hydrogen) atoms. The Labute approximate surface area is 111 Å². The fourth-order valence-corrected chi connectivity index (χ4v) is 1.86. The van der Waals surface area contributed by atoms with Crippen molar-refractivity contribution in [3.63, 3.8) is 0 Å². The molecule has 2 aromatic rings. The highest BCUT2D eigenvalue weighted by atomic mass is 35.5. The van der Waals surface area contributed by atoms with Gasteiger partial charge >= 0.3 is 0 Å². The maximum absolute atomic E-state index is 12.0. The third-order valence-corrected chi connectivity index (χ3v) is 2.95. The number of pyridine rings is 1. The van der Waals surface area contributed by atoms with Gasteiger partial charge in [-0.15, -0.1) is 0 Å².